The summed E-state index contributed by atoms with van der Waals surface area (Å²) in [6, 6.07) is 13.6. The number of pyridine rings is 1. The normalized spacial score (nSPS) is 11.6. The number of ether oxygens (including phenoxy) is 1. The monoisotopic (exact) mass is 459 g/mol. The van der Waals surface area contributed by atoms with Gasteiger partial charge in [0.05, 0.1) is 43.0 Å². The lowest BCUT2D eigenvalue weighted by Gasteiger charge is -2.20. The number of aromatic nitrogens is 3. The molecule has 34 heavy (non-hydrogen) atoms. The van der Waals surface area contributed by atoms with Gasteiger partial charge in [0.25, 0.3) is 5.56 Å². The predicted molar refractivity (Wildman–Crippen MR) is 125 cm³/mol. The lowest BCUT2D eigenvalue weighted by molar-refractivity contribution is 0.247. The van der Waals surface area contributed by atoms with E-state index in [1.165, 1.54) is 35.0 Å². The van der Waals surface area contributed by atoms with E-state index in [0.29, 0.717) is 17.0 Å². The Morgan fingerprint density at radius 3 is 2.71 bits per heavy atom. The Morgan fingerprint density at radius 2 is 2.06 bits per heavy atom. The van der Waals surface area contributed by atoms with E-state index in [1.54, 1.807) is 31.6 Å². The van der Waals surface area contributed by atoms with Crippen LogP contribution >= 0.6 is 0 Å². The van der Waals surface area contributed by atoms with Gasteiger partial charge in [-0.05, 0) is 42.8 Å². The van der Waals surface area contributed by atoms with Crippen LogP contribution < -0.4 is 15.6 Å². The molecule has 0 spiro atoms. The van der Waals surface area contributed by atoms with Crippen LogP contribution in [0.1, 0.15) is 22.9 Å². The first-order chi connectivity index (χ1) is 16.4. The van der Waals surface area contributed by atoms with Crippen molar-refractivity contribution >= 4 is 11.4 Å². The number of aryl methyl sites for hydroxylation is 1. The topological polar surface area (TPSA) is 105 Å². The van der Waals surface area contributed by atoms with Crippen LogP contribution in [0.25, 0.3) is 5.69 Å². The van der Waals surface area contributed by atoms with Crippen molar-refractivity contribution in [3.05, 3.63) is 100 Å². The van der Waals surface area contributed by atoms with E-state index >= 15 is 0 Å². The minimum Gasteiger partial charge on any atom is -0.494 e. The van der Waals surface area contributed by atoms with E-state index in [4.69, 9.17) is 4.74 Å². The number of benzene rings is 2. The molecule has 2 aromatic heterocycles. The van der Waals surface area contributed by atoms with Crippen molar-refractivity contribution in [1.29, 1.82) is 5.26 Å². The number of methoxy groups -OCH3 is 1. The molecule has 4 aromatic rings. The van der Waals surface area contributed by atoms with Gasteiger partial charge >= 0.3 is 0 Å². The van der Waals surface area contributed by atoms with E-state index in [-0.39, 0.29) is 11.3 Å². The van der Waals surface area contributed by atoms with E-state index in [0.717, 1.165) is 11.4 Å². The molecule has 0 aliphatic carbocycles. The van der Waals surface area contributed by atoms with Gasteiger partial charge in [-0.15, -0.1) is 0 Å². The van der Waals surface area contributed by atoms with Gasteiger partial charge in [-0.3, -0.25) is 4.79 Å². The summed E-state index contributed by atoms with van der Waals surface area (Å²) in [5, 5.41) is 22.5. The van der Waals surface area contributed by atoms with Crippen molar-refractivity contribution in [2.24, 2.45) is 0 Å². The lowest BCUT2D eigenvalue weighted by Crippen LogP contribution is -2.29. The fourth-order valence-corrected chi connectivity index (χ4v) is 3.73. The second-order valence-electron chi connectivity index (χ2n) is 7.65. The largest absolute Gasteiger partial charge is 0.494 e. The molecule has 8 nitrogen and oxygen atoms in total. The van der Waals surface area contributed by atoms with Crippen molar-refractivity contribution < 1.29 is 14.2 Å². The molecular weight excluding hydrogens is 437 g/mol. The molecule has 0 saturated carbocycles. The maximum Gasteiger partial charge on any atom is 0.274 e. The number of halogens is 1. The Balaban J connectivity index is 1.74. The van der Waals surface area contributed by atoms with Crippen LogP contribution in [-0.4, -0.2) is 32.9 Å². The molecule has 2 aromatic carbocycles. The first kappa shape index (κ1) is 22.8. The van der Waals surface area contributed by atoms with Gasteiger partial charge in [0.2, 0.25) is 0 Å². The summed E-state index contributed by atoms with van der Waals surface area (Å²) in [6.07, 6.45) is 4.89. The summed E-state index contributed by atoms with van der Waals surface area (Å²) in [5.41, 5.74) is 2.44. The minimum absolute atomic E-state index is 0.127. The molecule has 0 aliphatic heterocycles. The molecule has 0 unspecified atom stereocenters. The molecule has 0 radical (unpaired) electrons. The van der Waals surface area contributed by atoms with Gasteiger partial charge in [-0.1, -0.05) is 12.1 Å². The number of aliphatic hydroxyl groups excluding tert-OH is 1. The smallest absolute Gasteiger partial charge is 0.274 e. The van der Waals surface area contributed by atoms with E-state index in [9.17, 15) is 19.6 Å². The van der Waals surface area contributed by atoms with Crippen molar-refractivity contribution in [2.75, 3.05) is 19.0 Å². The van der Waals surface area contributed by atoms with Crippen LogP contribution in [-0.2, 0) is 0 Å². The highest BCUT2D eigenvalue weighted by Gasteiger charge is 2.18. The predicted octanol–water partition coefficient (Wildman–Crippen LogP) is 3.69. The second-order valence-corrected chi connectivity index (χ2v) is 7.65. The maximum absolute atomic E-state index is 13.8. The number of nitrogens with one attached hydrogen (secondary N) is 1. The van der Waals surface area contributed by atoms with E-state index in [1.807, 2.05) is 29.8 Å². The highest BCUT2D eigenvalue weighted by atomic mass is 19.1. The van der Waals surface area contributed by atoms with Gasteiger partial charge in [0, 0.05) is 24.1 Å². The number of nitriles is 1. The lowest BCUT2D eigenvalue weighted by atomic mass is 10.1. The molecule has 0 bridgehead atoms. The molecule has 0 amide bonds. The van der Waals surface area contributed by atoms with Crippen LogP contribution in [0.15, 0.2) is 72.0 Å². The van der Waals surface area contributed by atoms with Crippen LogP contribution in [0.2, 0.25) is 0 Å². The second kappa shape index (κ2) is 9.60. The molecule has 0 saturated heterocycles. The third kappa shape index (κ3) is 4.53. The van der Waals surface area contributed by atoms with Crippen molar-refractivity contribution in [1.82, 2.24) is 14.1 Å². The number of nitrogens with zero attached hydrogens (tertiary/aromatic N) is 4. The molecule has 9 heteroatoms. The van der Waals surface area contributed by atoms with Gasteiger partial charge in [0.1, 0.15) is 23.3 Å². The van der Waals surface area contributed by atoms with Gasteiger partial charge in [-0.2, -0.15) is 5.26 Å². The zero-order valence-electron chi connectivity index (χ0n) is 18.6. The highest BCUT2D eigenvalue weighted by Crippen LogP contribution is 2.28. The molecular formula is C25H22FN5O3. The van der Waals surface area contributed by atoms with Crippen LogP contribution in [0.3, 0.4) is 0 Å². The van der Waals surface area contributed by atoms with Crippen LogP contribution in [0, 0.1) is 24.1 Å². The number of rotatable bonds is 7. The number of hydrogen-bond donors (Lipinski definition) is 2. The van der Waals surface area contributed by atoms with Crippen LogP contribution in [0.5, 0.6) is 5.75 Å². The summed E-state index contributed by atoms with van der Waals surface area (Å²) in [5.74, 6) is 0.0613. The minimum atomic E-state index is -0.863. The summed E-state index contributed by atoms with van der Waals surface area (Å²) in [7, 11) is 1.54. The van der Waals surface area contributed by atoms with E-state index < -0.39 is 24.0 Å². The van der Waals surface area contributed by atoms with Gasteiger partial charge < -0.3 is 24.3 Å². The maximum atomic E-state index is 13.8. The highest BCUT2D eigenvalue weighted by molar-refractivity contribution is 5.65. The molecule has 172 valence electrons. The molecule has 4 rings (SSSR count). The molecule has 0 fully saturated rings. The molecule has 0 aliphatic rings. The zero-order valence-corrected chi connectivity index (χ0v) is 18.6. The third-order valence-electron chi connectivity index (χ3n) is 5.36. The Morgan fingerprint density at radius 1 is 1.24 bits per heavy atom. The zero-order chi connectivity index (χ0) is 24.2. The summed E-state index contributed by atoms with van der Waals surface area (Å²) < 4.78 is 22.3. The van der Waals surface area contributed by atoms with E-state index in [2.05, 4.69) is 10.3 Å². The fourth-order valence-electron chi connectivity index (χ4n) is 3.73. The summed E-state index contributed by atoms with van der Waals surface area (Å²) in [6.45, 7) is 1.43. The Kier molecular flexibility index (Phi) is 6.43. The quantitative estimate of drug-likeness (QED) is 0.437. The number of aliphatic hydroxyl groups is 1. The Labute approximate surface area is 195 Å². The average molecular weight is 459 g/mol. The first-order valence-electron chi connectivity index (χ1n) is 10.4. The average Bonchev–Trinajstić information content (AvgIpc) is 3.27. The Hall–Kier alpha value is -4.42. The SMILES string of the molecule is COc1cc(Nc2cc(C#N)cn([C@@H](CO)c3cccc(F)c3)c2=O)ccc1-n1cnc(C)c1. The molecule has 2 heterocycles. The van der Waals surface area contributed by atoms with Crippen molar-refractivity contribution in [3.63, 3.8) is 0 Å². The standard InChI is InChI=1S/C25H22FN5O3/c1-16-12-30(15-28-16)22-7-6-20(10-24(22)34-2)29-21-8-17(11-27)13-31(25(21)33)23(14-32)18-4-3-5-19(26)9-18/h3-10,12-13,15,23,29,32H,14H2,1-2H3/t23-/m0/s1. The molecule has 1 atom stereocenters. The van der Waals surface area contributed by atoms with Crippen molar-refractivity contribution in [3.8, 4) is 17.5 Å². The summed E-state index contributed by atoms with van der Waals surface area (Å²) >= 11 is 0. The molecule has 2 N–H and O–H groups in total. The third-order valence-corrected chi connectivity index (χ3v) is 5.36. The number of anilines is 2. The fraction of sp³-hybridized carbons (Fsp3) is 0.160. The van der Waals surface area contributed by atoms with Gasteiger partial charge in [0.15, 0.2) is 0 Å². The summed E-state index contributed by atoms with van der Waals surface area (Å²) in [4.78, 5) is 17.5. The van der Waals surface area contributed by atoms with Gasteiger partial charge in [-0.25, -0.2) is 9.37 Å². The first-order valence-corrected chi connectivity index (χ1v) is 10.4. The number of hydrogen-bond acceptors (Lipinski definition) is 6. The van der Waals surface area contributed by atoms with Crippen molar-refractivity contribution in [2.45, 2.75) is 13.0 Å². The Bertz CT molecular complexity index is 1440. The van der Waals surface area contributed by atoms with Crippen LogP contribution in [0.4, 0.5) is 15.8 Å². The number of imidazole rings is 1.